The van der Waals surface area contributed by atoms with Crippen molar-refractivity contribution in [3.05, 3.63) is 18.2 Å². The Morgan fingerprint density at radius 3 is 2.45 bits per heavy atom. The van der Waals surface area contributed by atoms with E-state index < -0.39 is 10.0 Å². The molecule has 0 fully saturated rings. The minimum absolute atomic E-state index is 0.0423. The Bertz CT molecular complexity index is 584. The molecular weight excluding hydrogens is 298 g/mol. The summed E-state index contributed by atoms with van der Waals surface area (Å²) in [6, 6.07) is 4.53. The molecule has 1 rings (SSSR count). The van der Waals surface area contributed by atoms with Crippen LogP contribution in [-0.4, -0.2) is 38.0 Å². The molecule has 112 valence electrons. The molecule has 0 saturated heterocycles. The van der Waals surface area contributed by atoms with Gasteiger partial charge in [0.1, 0.15) is 5.75 Å². The Labute approximate surface area is 125 Å². The topological polar surface area (TPSA) is 84.7 Å². The number of nitrogens with zero attached hydrogens (tertiary/aromatic N) is 1. The fourth-order valence-corrected chi connectivity index (χ4v) is 3.39. The van der Waals surface area contributed by atoms with Crippen molar-refractivity contribution in [2.45, 2.75) is 18.7 Å². The first-order chi connectivity index (χ1) is 9.36. The Kier molecular flexibility index (Phi) is 5.73. The minimum Gasteiger partial charge on any atom is -0.495 e. The Balaban J connectivity index is 3.30. The highest BCUT2D eigenvalue weighted by molar-refractivity contribution is 7.89. The fraction of sp³-hybridized carbons (Fsp3) is 0.417. The molecule has 0 aliphatic heterocycles. The number of rotatable bonds is 6. The summed E-state index contributed by atoms with van der Waals surface area (Å²) in [5.74, 6) is 0.469. The number of nitrogens with one attached hydrogen (secondary N) is 1. The van der Waals surface area contributed by atoms with E-state index in [-0.39, 0.29) is 10.0 Å². The van der Waals surface area contributed by atoms with Crippen LogP contribution in [-0.2, 0) is 10.0 Å². The summed E-state index contributed by atoms with van der Waals surface area (Å²) in [5.41, 5.74) is 5.85. The van der Waals surface area contributed by atoms with Crippen molar-refractivity contribution in [2.24, 2.45) is 5.73 Å². The number of hydrogen-bond donors (Lipinski definition) is 2. The summed E-state index contributed by atoms with van der Waals surface area (Å²) in [7, 11) is -2.05. The predicted octanol–water partition coefficient (Wildman–Crippen LogP) is 1.38. The van der Waals surface area contributed by atoms with Crippen molar-refractivity contribution in [2.75, 3.05) is 25.5 Å². The van der Waals surface area contributed by atoms with Crippen molar-refractivity contribution >= 4 is 33.0 Å². The largest absolute Gasteiger partial charge is 0.495 e. The number of ether oxygens (including phenoxy) is 1. The van der Waals surface area contributed by atoms with Crippen molar-refractivity contribution in [3.8, 4) is 5.75 Å². The van der Waals surface area contributed by atoms with E-state index in [1.165, 1.54) is 23.5 Å². The maximum absolute atomic E-state index is 12.4. The Hall–Kier alpha value is -1.38. The summed E-state index contributed by atoms with van der Waals surface area (Å²) in [6.45, 7) is 4.39. The smallest absolute Gasteiger partial charge is 0.243 e. The molecule has 1 aromatic rings. The number of nitrogens with two attached hydrogens (primary N) is 1. The van der Waals surface area contributed by atoms with Gasteiger partial charge in [0.2, 0.25) is 10.0 Å². The average Bonchev–Trinajstić information content (AvgIpc) is 2.39. The van der Waals surface area contributed by atoms with Gasteiger partial charge in [0.25, 0.3) is 0 Å². The molecule has 0 saturated carbocycles. The summed E-state index contributed by atoms with van der Waals surface area (Å²) in [5, 5.41) is 2.76. The van der Waals surface area contributed by atoms with Crippen LogP contribution in [0.2, 0.25) is 0 Å². The zero-order valence-electron chi connectivity index (χ0n) is 11.7. The number of anilines is 1. The third-order valence-electron chi connectivity index (χ3n) is 2.77. The number of benzene rings is 1. The maximum atomic E-state index is 12.4. The van der Waals surface area contributed by atoms with Gasteiger partial charge in [-0.1, -0.05) is 13.8 Å². The summed E-state index contributed by atoms with van der Waals surface area (Å²) in [4.78, 5) is 0.167. The van der Waals surface area contributed by atoms with Gasteiger partial charge in [-0.2, -0.15) is 4.31 Å². The third kappa shape index (κ3) is 3.59. The fourth-order valence-electron chi connectivity index (χ4n) is 1.79. The first-order valence-electron chi connectivity index (χ1n) is 6.11. The molecule has 0 unspecified atom stereocenters. The monoisotopic (exact) mass is 317 g/mol. The van der Waals surface area contributed by atoms with Crippen LogP contribution in [0.4, 0.5) is 5.69 Å². The van der Waals surface area contributed by atoms with Gasteiger partial charge in [0, 0.05) is 13.1 Å². The second-order valence-electron chi connectivity index (χ2n) is 3.94. The van der Waals surface area contributed by atoms with Crippen LogP contribution in [0.1, 0.15) is 13.8 Å². The van der Waals surface area contributed by atoms with Gasteiger partial charge in [0.15, 0.2) is 5.11 Å². The molecule has 3 N–H and O–H groups in total. The summed E-state index contributed by atoms with van der Waals surface area (Å²) < 4.78 is 31.4. The van der Waals surface area contributed by atoms with Crippen LogP contribution in [0, 0.1) is 0 Å². The summed E-state index contributed by atoms with van der Waals surface area (Å²) in [6.07, 6.45) is 0. The van der Waals surface area contributed by atoms with Crippen molar-refractivity contribution in [1.29, 1.82) is 0 Å². The van der Waals surface area contributed by atoms with Gasteiger partial charge in [-0.15, -0.1) is 0 Å². The molecule has 1 aromatic carbocycles. The number of methoxy groups -OCH3 is 1. The van der Waals surface area contributed by atoms with E-state index in [1.807, 2.05) is 0 Å². The van der Waals surface area contributed by atoms with E-state index in [1.54, 1.807) is 19.9 Å². The lowest BCUT2D eigenvalue weighted by Gasteiger charge is -2.19. The molecule has 0 bridgehead atoms. The van der Waals surface area contributed by atoms with Crippen molar-refractivity contribution < 1.29 is 13.2 Å². The van der Waals surface area contributed by atoms with Crippen LogP contribution in [0.25, 0.3) is 0 Å². The van der Waals surface area contributed by atoms with Gasteiger partial charge >= 0.3 is 0 Å². The number of sulfonamides is 1. The quantitative estimate of drug-likeness (QED) is 0.771. The lowest BCUT2D eigenvalue weighted by Crippen LogP contribution is -2.30. The minimum atomic E-state index is -3.53. The molecule has 0 amide bonds. The molecule has 0 atom stereocenters. The maximum Gasteiger partial charge on any atom is 0.243 e. The lowest BCUT2D eigenvalue weighted by molar-refractivity contribution is 0.416. The average molecular weight is 317 g/mol. The second-order valence-corrected chi connectivity index (χ2v) is 6.32. The highest BCUT2D eigenvalue weighted by atomic mass is 32.2. The molecule has 0 aromatic heterocycles. The van der Waals surface area contributed by atoms with Crippen LogP contribution in [0.3, 0.4) is 0 Å². The van der Waals surface area contributed by atoms with E-state index in [0.717, 1.165) is 0 Å². The Morgan fingerprint density at radius 2 is 2.00 bits per heavy atom. The molecule has 8 heteroatoms. The van der Waals surface area contributed by atoms with Crippen LogP contribution in [0.5, 0.6) is 5.75 Å². The highest BCUT2D eigenvalue weighted by Gasteiger charge is 2.22. The van der Waals surface area contributed by atoms with Gasteiger partial charge in [-0.25, -0.2) is 8.42 Å². The zero-order chi connectivity index (χ0) is 15.3. The molecule has 20 heavy (non-hydrogen) atoms. The first-order valence-corrected chi connectivity index (χ1v) is 7.96. The van der Waals surface area contributed by atoms with Gasteiger partial charge < -0.3 is 15.8 Å². The highest BCUT2D eigenvalue weighted by Crippen LogP contribution is 2.28. The van der Waals surface area contributed by atoms with Crippen LogP contribution < -0.4 is 15.8 Å². The van der Waals surface area contributed by atoms with Crippen molar-refractivity contribution in [1.82, 2.24) is 4.31 Å². The van der Waals surface area contributed by atoms with Gasteiger partial charge in [-0.05, 0) is 30.4 Å². The van der Waals surface area contributed by atoms with Crippen LogP contribution >= 0.6 is 12.2 Å². The molecule has 0 spiro atoms. The molecule has 0 heterocycles. The van der Waals surface area contributed by atoms with E-state index >= 15 is 0 Å². The van der Waals surface area contributed by atoms with E-state index in [2.05, 4.69) is 5.32 Å². The Morgan fingerprint density at radius 1 is 1.40 bits per heavy atom. The SMILES string of the molecule is CCN(CC)S(=O)(=O)c1ccc(OC)c(NC(N)=S)c1. The molecule has 0 aliphatic carbocycles. The van der Waals surface area contributed by atoms with E-state index in [4.69, 9.17) is 22.7 Å². The predicted molar refractivity (Wildman–Crippen MR) is 83.5 cm³/mol. The number of thiocarbonyl (C=S) groups is 1. The molecule has 0 radical (unpaired) electrons. The van der Waals surface area contributed by atoms with Crippen LogP contribution in [0.15, 0.2) is 23.1 Å². The van der Waals surface area contributed by atoms with E-state index in [0.29, 0.717) is 24.5 Å². The van der Waals surface area contributed by atoms with Crippen molar-refractivity contribution in [3.63, 3.8) is 0 Å². The second kappa shape index (κ2) is 6.87. The van der Waals surface area contributed by atoms with Gasteiger partial charge in [-0.3, -0.25) is 0 Å². The summed E-state index contributed by atoms with van der Waals surface area (Å²) >= 11 is 4.77. The molecular formula is C12H19N3O3S2. The first kappa shape index (κ1) is 16.7. The lowest BCUT2D eigenvalue weighted by atomic mass is 10.3. The zero-order valence-corrected chi connectivity index (χ0v) is 13.3. The molecule has 0 aliphatic rings. The van der Waals surface area contributed by atoms with E-state index in [9.17, 15) is 8.42 Å². The normalized spacial score (nSPS) is 11.4. The molecule has 6 nitrogen and oxygen atoms in total. The standard InChI is InChI=1S/C12H19N3O3S2/c1-4-15(5-2)20(16,17)9-6-7-11(18-3)10(8-9)14-12(13)19/h6-8H,4-5H2,1-3H3,(H3,13,14,19). The third-order valence-corrected chi connectivity index (χ3v) is 4.92. The number of hydrogen-bond acceptors (Lipinski definition) is 4. The van der Waals surface area contributed by atoms with Gasteiger partial charge in [0.05, 0.1) is 17.7 Å².